The summed E-state index contributed by atoms with van der Waals surface area (Å²) in [5.74, 6) is 0. The van der Waals surface area contributed by atoms with Gasteiger partial charge in [-0.2, -0.15) is 5.26 Å². The lowest BCUT2D eigenvalue weighted by atomic mass is 9.91. The van der Waals surface area contributed by atoms with Gasteiger partial charge in [0.25, 0.3) is 0 Å². The van der Waals surface area contributed by atoms with E-state index in [1.807, 2.05) is 13.8 Å². The third-order valence-corrected chi connectivity index (χ3v) is 2.84. The fraction of sp³-hybridized carbons (Fsp3) is 0.909. The van der Waals surface area contributed by atoms with E-state index in [9.17, 15) is 0 Å². The van der Waals surface area contributed by atoms with E-state index >= 15 is 0 Å². The molecular formula is C11H20N2. The molecule has 2 nitrogen and oxygen atoms in total. The van der Waals surface area contributed by atoms with Crippen LogP contribution in [0.2, 0.25) is 0 Å². The molecule has 0 amide bonds. The van der Waals surface area contributed by atoms with Crippen LogP contribution in [0.3, 0.4) is 0 Å². The summed E-state index contributed by atoms with van der Waals surface area (Å²) in [4.78, 5) is 0. The van der Waals surface area contributed by atoms with E-state index in [-0.39, 0.29) is 5.41 Å². The van der Waals surface area contributed by atoms with Gasteiger partial charge in [0.2, 0.25) is 0 Å². The summed E-state index contributed by atoms with van der Waals surface area (Å²) in [6, 6.07) is 3.06. The lowest BCUT2D eigenvalue weighted by molar-refractivity contribution is 0.408. The molecule has 1 saturated carbocycles. The van der Waals surface area contributed by atoms with E-state index in [2.05, 4.69) is 11.4 Å². The lowest BCUT2D eigenvalue weighted by Crippen LogP contribution is -2.29. The van der Waals surface area contributed by atoms with Crippen LogP contribution in [0, 0.1) is 16.7 Å². The molecule has 0 aromatic carbocycles. The second kappa shape index (κ2) is 4.62. The Balaban J connectivity index is 2.10. The molecule has 0 atom stereocenters. The summed E-state index contributed by atoms with van der Waals surface area (Å²) < 4.78 is 0. The Labute approximate surface area is 81.3 Å². The molecule has 74 valence electrons. The molecule has 0 aromatic rings. The van der Waals surface area contributed by atoms with Crippen LogP contribution in [-0.4, -0.2) is 12.6 Å². The largest absolute Gasteiger partial charge is 0.314 e. The molecule has 0 aliphatic heterocycles. The Bertz CT molecular complexity index is 185. The van der Waals surface area contributed by atoms with Gasteiger partial charge in [0, 0.05) is 6.04 Å². The Morgan fingerprint density at radius 2 is 2.00 bits per heavy atom. The van der Waals surface area contributed by atoms with Crippen molar-refractivity contribution < 1.29 is 0 Å². The van der Waals surface area contributed by atoms with E-state index < -0.39 is 0 Å². The van der Waals surface area contributed by atoms with E-state index in [1.54, 1.807) is 0 Å². The minimum atomic E-state index is -0.161. The van der Waals surface area contributed by atoms with Crippen LogP contribution in [0.5, 0.6) is 0 Å². The summed E-state index contributed by atoms with van der Waals surface area (Å²) in [5, 5.41) is 12.3. The fourth-order valence-electron chi connectivity index (χ4n) is 1.77. The van der Waals surface area contributed by atoms with Crippen LogP contribution in [0.1, 0.15) is 46.0 Å². The predicted molar refractivity (Wildman–Crippen MR) is 54.3 cm³/mol. The molecule has 0 aromatic heterocycles. The summed E-state index contributed by atoms with van der Waals surface area (Å²) in [6.45, 7) is 5.00. The van der Waals surface area contributed by atoms with Crippen molar-refractivity contribution >= 4 is 0 Å². The second-order valence-corrected chi connectivity index (χ2v) is 4.68. The molecule has 1 aliphatic rings. The normalized spacial score (nSPS) is 18.8. The first-order valence-corrected chi connectivity index (χ1v) is 5.29. The molecule has 0 radical (unpaired) electrons. The van der Waals surface area contributed by atoms with Gasteiger partial charge in [-0.15, -0.1) is 0 Å². The Kier molecular flexibility index (Phi) is 3.74. The van der Waals surface area contributed by atoms with Crippen LogP contribution in [0.25, 0.3) is 0 Å². The van der Waals surface area contributed by atoms with Gasteiger partial charge in [-0.05, 0) is 39.7 Å². The van der Waals surface area contributed by atoms with Crippen LogP contribution < -0.4 is 5.32 Å². The number of nitrogens with zero attached hydrogens (tertiary/aromatic N) is 1. The van der Waals surface area contributed by atoms with Gasteiger partial charge in [-0.25, -0.2) is 0 Å². The lowest BCUT2D eigenvalue weighted by Gasteiger charge is -2.17. The molecule has 1 aliphatic carbocycles. The smallest absolute Gasteiger partial charge is 0.0684 e. The van der Waals surface area contributed by atoms with Gasteiger partial charge in [0.1, 0.15) is 0 Å². The SMILES string of the molecule is CC(C)(C#N)CCNC1CCCC1. The van der Waals surface area contributed by atoms with Crippen molar-refractivity contribution in [3.05, 3.63) is 0 Å². The Morgan fingerprint density at radius 1 is 1.38 bits per heavy atom. The van der Waals surface area contributed by atoms with Crippen LogP contribution in [-0.2, 0) is 0 Å². The average Bonchev–Trinajstić information content (AvgIpc) is 2.57. The average molecular weight is 180 g/mol. The molecule has 0 spiro atoms. The highest BCUT2D eigenvalue weighted by Gasteiger charge is 2.18. The van der Waals surface area contributed by atoms with Crippen molar-refractivity contribution in [2.24, 2.45) is 5.41 Å². The van der Waals surface area contributed by atoms with Crippen LogP contribution in [0.15, 0.2) is 0 Å². The first-order valence-electron chi connectivity index (χ1n) is 5.29. The molecule has 2 heteroatoms. The number of rotatable bonds is 4. The summed E-state index contributed by atoms with van der Waals surface area (Å²) >= 11 is 0. The first kappa shape index (κ1) is 10.5. The zero-order valence-electron chi connectivity index (χ0n) is 8.77. The highest BCUT2D eigenvalue weighted by Crippen LogP contribution is 2.20. The number of hydrogen-bond donors (Lipinski definition) is 1. The monoisotopic (exact) mass is 180 g/mol. The molecular weight excluding hydrogens is 160 g/mol. The van der Waals surface area contributed by atoms with Gasteiger partial charge in [-0.3, -0.25) is 0 Å². The van der Waals surface area contributed by atoms with Gasteiger partial charge in [-0.1, -0.05) is 12.8 Å². The van der Waals surface area contributed by atoms with Crippen LogP contribution >= 0.6 is 0 Å². The van der Waals surface area contributed by atoms with E-state index in [4.69, 9.17) is 5.26 Å². The van der Waals surface area contributed by atoms with E-state index in [1.165, 1.54) is 25.7 Å². The fourth-order valence-corrected chi connectivity index (χ4v) is 1.77. The maximum absolute atomic E-state index is 8.81. The minimum Gasteiger partial charge on any atom is -0.314 e. The molecule has 13 heavy (non-hydrogen) atoms. The zero-order valence-corrected chi connectivity index (χ0v) is 8.77. The Morgan fingerprint density at radius 3 is 2.54 bits per heavy atom. The number of hydrogen-bond acceptors (Lipinski definition) is 2. The highest BCUT2D eigenvalue weighted by atomic mass is 14.9. The molecule has 1 fully saturated rings. The highest BCUT2D eigenvalue weighted by molar-refractivity contribution is 4.92. The summed E-state index contributed by atoms with van der Waals surface area (Å²) in [7, 11) is 0. The van der Waals surface area contributed by atoms with Gasteiger partial charge < -0.3 is 5.32 Å². The van der Waals surface area contributed by atoms with E-state index in [0.29, 0.717) is 0 Å². The Hall–Kier alpha value is -0.550. The van der Waals surface area contributed by atoms with Gasteiger partial charge in [0.05, 0.1) is 11.5 Å². The zero-order chi connectivity index (χ0) is 9.73. The maximum Gasteiger partial charge on any atom is 0.0684 e. The standard InChI is InChI=1S/C11H20N2/c1-11(2,9-12)7-8-13-10-5-3-4-6-10/h10,13H,3-8H2,1-2H3. The van der Waals surface area contributed by atoms with E-state index in [0.717, 1.165) is 19.0 Å². The van der Waals surface area contributed by atoms with Gasteiger partial charge >= 0.3 is 0 Å². The van der Waals surface area contributed by atoms with Crippen molar-refractivity contribution in [2.45, 2.75) is 52.0 Å². The second-order valence-electron chi connectivity index (χ2n) is 4.68. The molecule has 0 unspecified atom stereocenters. The summed E-state index contributed by atoms with van der Waals surface area (Å²) in [6.07, 6.45) is 6.36. The van der Waals surface area contributed by atoms with Crippen LogP contribution in [0.4, 0.5) is 0 Å². The quantitative estimate of drug-likeness (QED) is 0.721. The summed E-state index contributed by atoms with van der Waals surface area (Å²) in [5.41, 5.74) is -0.161. The first-order chi connectivity index (χ1) is 6.14. The topological polar surface area (TPSA) is 35.8 Å². The third-order valence-electron chi connectivity index (χ3n) is 2.84. The van der Waals surface area contributed by atoms with Crippen molar-refractivity contribution in [2.75, 3.05) is 6.54 Å². The third kappa shape index (κ3) is 3.78. The maximum atomic E-state index is 8.81. The number of nitriles is 1. The molecule has 1 rings (SSSR count). The van der Waals surface area contributed by atoms with Crippen molar-refractivity contribution in [1.82, 2.24) is 5.32 Å². The number of nitrogens with one attached hydrogen (secondary N) is 1. The van der Waals surface area contributed by atoms with Gasteiger partial charge in [0.15, 0.2) is 0 Å². The molecule has 0 heterocycles. The molecule has 0 bridgehead atoms. The minimum absolute atomic E-state index is 0.161. The molecule has 1 N–H and O–H groups in total. The van der Waals surface area contributed by atoms with Crippen molar-refractivity contribution in [3.8, 4) is 6.07 Å². The predicted octanol–water partition coefficient (Wildman–Crippen LogP) is 2.46. The van der Waals surface area contributed by atoms with Crippen molar-refractivity contribution in [1.29, 1.82) is 5.26 Å². The van der Waals surface area contributed by atoms with Crippen molar-refractivity contribution in [3.63, 3.8) is 0 Å². The molecule has 0 saturated heterocycles.